The first-order valence-electron chi connectivity index (χ1n) is 4.12. The maximum atomic E-state index is 11.0. The summed E-state index contributed by atoms with van der Waals surface area (Å²) in [7, 11) is 1.35. The number of methoxy groups -OCH3 is 1. The third-order valence-corrected chi connectivity index (χ3v) is 1.70. The molecule has 72 valence electrons. The molecule has 0 aromatic heterocycles. The van der Waals surface area contributed by atoms with E-state index in [0.717, 1.165) is 0 Å². The molecule has 0 atom stereocenters. The minimum Gasteiger partial charge on any atom is -0.465 e. The van der Waals surface area contributed by atoms with E-state index in [1.165, 1.54) is 7.11 Å². The lowest BCUT2D eigenvalue weighted by Gasteiger charge is -2.00. The molecule has 0 heterocycles. The highest BCUT2D eigenvalue weighted by Crippen LogP contribution is 2.13. The van der Waals surface area contributed by atoms with Crippen molar-refractivity contribution >= 4 is 18.6 Å². The summed E-state index contributed by atoms with van der Waals surface area (Å²) >= 11 is 4.09. The van der Waals surface area contributed by atoms with E-state index in [9.17, 15) is 4.79 Å². The summed E-state index contributed by atoms with van der Waals surface area (Å²) in [5, 5.41) is 0. The molecule has 1 aromatic carbocycles. The highest BCUT2D eigenvalue weighted by atomic mass is 32.1. The molecule has 0 amide bonds. The largest absolute Gasteiger partial charge is 0.465 e. The molecule has 0 N–H and O–H groups in total. The van der Waals surface area contributed by atoms with Crippen LogP contribution in [0.15, 0.2) is 29.2 Å². The van der Waals surface area contributed by atoms with Crippen LogP contribution < -0.4 is 0 Å². The van der Waals surface area contributed by atoms with Gasteiger partial charge in [-0.25, -0.2) is 4.79 Å². The van der Waals surface area contributed by atoms with Crippen LogP contribution in [0.25, 0.3) is 0 Å². The molecule has 0 unspecified atom stereocenters. The van der Waals surface area contributed by atoms with Crippen LogP contribution in [0, 0.1) is 0 Å². The van der Waals surface area contributed by atoms with Gasteiger partial charge < -0.3 is 4.74 Å². The Morgan fingerprint density at radius 1 is 1.31 bits per heavy atom. The predicted molar refractivity (Wildman–Crippen MR) is 56.4 cm³/mol. The number of rotatable bonds is 1. The molecule has 0 saturated carbocycles. The van der Waals surface area contributed by atoms with Gasteiger partial charge in [0, 0.05) is 4.90 Å². The van der Waals surface area contributed by atoms with Gasteiger partial charge in [-0.2, -0.15) is 0 Å². The van der Waals surface area contributed by atoms with Crippen molar-refractivity contribution in [1.82, 2.24) is 0 Å². The molecule has 0 radical (unpaired) electrons. The van der Waals surface area contributed by atoms with Gasteiger partial charge in [0.25, 0.3) is 0 Å². The van der Waals surface area contributed by atoms with Crippen molar-refractivity contribution in [3.8, 4) is 0 Å². The summed E-state index contributed by atoms with van der Waals surface area (Å²) in [5.74, 6) is -0.351. The first-order chi connectivity index (χ1) is 6.25. The molecule has 3 heteroatoms. The van der Waals surface area contributed by atoms with Gasteiger partial charge in [-0.15, -0.1) is 12.6 Å². The number of thiol groups is 1. The lowest BCUT2D eigenvalue weighted by Crippen LogP contribution is -2.01. The van der Waals surface area contributed by atoms with Gasteiger partial charge in [-0.1, -0.05) is 26.0 Å². The SMILES string of the molecule is CC.COC(=O)c1ccccc1S. The van der Waals surface area contributed by atoms with Crippen molar-refractivity contribution < 1.29 is 9.53 Å². The van der Waals surface area contributed by atoms with E-state index < -0.39 is 0 Å². The summed E-state index contributed by atoms with van der Waals surface area (Å²) in [6.07, 6.45) is 0. The fourth-order valence-corrected chi connectivity index (χ4v) is 1.01. The lowest BCUT2D eigenvalue weighted by molar-refractivity contribution is 0.0597. The topological polar surface area (TPSA) is 26.3 Å². The molecule has 1 rings (SSSR count). The third kappa shape index (κ3) is 3.51. The monoisotopic (exact) mass is 198 g/mol. The smallest absolute Gasteiger partial charge is 0.338 e. The van der Waals surface area contributed by atoms with Crippen molar-refractivity contribution in [3.05, 3.63) is 29.8 Å². The third-order valence-electron chi connectivity index (χ3n) is 1.31. The lowest BCUT2D eigenvalue weighted by atomic mass is 10.2. The molecular weight excluding hydrogens is 184 g/mol. The number of hydrogen-bond donors (Lipinski definition) is 1. The van der Waals surface area contributed by atoms with Crippen LogP contribution in [0.2, 0.25) is 0 Å². The highest BCUT2D eigenvalue weighted by Gasteiger charge is 2.06. The number of carbonyl (C=O) groups excluding carboxylic acids is 1. The normalized spacial score (nSPS) is 8.31. The second-order valence-corrected chi connectivity index (χ2v) is 2.49. The zero-order valence-corrected chi connectivity index (χ0v) is 8.97. The average Bonchev–Trinajstić information content (AvgIpc) is 2.20. The molecule has 0 bridgehead atoms. The van der Waals surface area contributed by atoms with Gasteiger partial charge in [-0.05, 0) is 12.1 Å². The maximum Gasteiger partial charge on any atom is 0.338 e. The molecule has 13 heavy (non-hydrogen) atoms. The van der Waals surface area contributed by atoms with E-state index in [-0.39, 0.29) is 5.97 Å². The van der Waals surface area contributed by atoms with E-state index in [2.05, 4.69) is 17.4 Å². The Balaban J connectivity index is 0.000000671. The van der Waals surface area contributed by atoms with Crippen LogP contribution >= 0.6 is 12.6 Å². The average molecular weight is 198 g/mol. The van der Waals surface area contributed by atoms with E-state index in [4.69, 9.17) is 0 Å². The van der Waals surface area contributed by atoms with Crippen LogP contribution in [-0.2, 0) is 4.74 Å². The minimum atomic E-state index is -0.351. The van der Waals surface area contributed by atoms with Gasteiger partial charge in [-0.3, -0.25) is 0 Å². The van der Waals surface area contributed by atoms with Gasteiger partial charge in [0.2, 0.25) is 0 Å². The Hall–Kier alpha value is -0.960. The van der Waals surface area contributed by atoms with Gasteiger partial charge in [0.1, 0.15) is 0 Å². The van der Waals surface area contributed by atoms with Crippen LogP contribution in [0.5, 0.6) is 0 Å². The predicted octanol–water partition coefficient (Wildman–Crippen LogP) is 2.79. The van der Waals surface area contributed by atoms with Crippen LogP contribution in [0.4, 0.5) is 0 Å². The quantitative estimate of drug-likeness (QED) is 0.554. The van der Waals surface area contributed by atoms with Gasteiger partial charge in [0.15, 0.2) is 0 Å². The van der Waals surface area contributed by atoms with Crippen molar-refractivity contribution in [2.45, 2.75) is 18.7 Å². The van der Waals surface area contributed by atoms with E-state index in [1.54, 1.807) is 18.2 Å². The Morgan fingerprint density at radius 3 is 2.31 bits per heavy atom. The molecule has 0 fully saturated rings. The van der Waals surface area contributed by atoms with Crippen molar-refractivity contribution in [2.75, 3.05) is 7.11 Å². The van der Waals surface area contributed by atoms with Gasteiger partial charge >= 0.3 is 5.97 Å². The van der Waals surface area contributed by atoms with Gasteiger partial charge in [0.05, 0.1) is 12.7 Å². The second kappa shape index (κ2) is 6.54. The summed E-state index contributed by atoms with van der Waals surface area (Å²) in [6, 6.07) is 7.00. The standard InChI is InChI=1S/C8H8O2S.C2H6/c1-10-8(9)6-4-2-3-5-7(6)11;1-2/h2-5,11H,1H3;1-2H3. The summed E-state index contributed by atoms with van der Waals surface area (Å²) in [6.45, 7) is 4.00. The summed E-state index contributed by atoms with van der Waals surface area (Å²) in [4.78, 5) is 11.6. The molecule has 0 aliphatic carbocycles. The van der Waals surface area contributed by atoms with E-state index in [0.29, 0.717) is 10.5 Å². The van der Waals surface area contributed by atoms with Crippen molar-refractivity contribution in [3.63, 3.8) is 0 Å². The van der Waals surface area contributed by atoms with Crippen molar-refractivity contribution in [1.29, 1.82) is 0 Å². The molecule has 1 aromatic rings. The number of esters is 1. The molecule has 0 aliphatic rings. The number of carbonyl (C=O) groups is 1. The Kier molecular flexibility index (Phi) is 6.06. The van der Waals surface area contributed by atoms with Crippen LogP contribution in [0.1, 0.15) is 24.2 Å². The van der Waals surface area contributed by atoms with E-state index in [1.807, 2.05) is 19.9 Å². The maximum absolute atomic E-state index is 11.0. The first kappa shape index (κ1) is 12.0. The Morgan fingerprint density at radius 2 is 1.85 bits per heavy atom. The minimum absolute atomic E-state index is 0.351. The summed E-state index contributed by atoms with van der Waals surface area (Å²) < 4.78 is 4.53. The number of benzene rings is 1. The van der Waals surface area contributed by atoms with Crippen LogP contribution in [0.3, 0.4) is 0 Å². The number of ether oxygens (including phenoxy) is 1. The molecule has 2 nitrogen and oxygen atoms in total. The number of hydrogen-bond acceptors (Lipinski definition) is 3. The molecule has 0 spiro atoms. The second-order valence-electron chi connectivity index (χ2n) is 2.01. The Labute approximate surface area is 84.3 Å². The fourth-order valence-electron chi connectivity index (χ4n) is 0.756. The molecule has 0 aliphatic heterocycles. The first-order valence-corrected chi connectivity index (χ1v) is 4.56. The molecular formula is C10H14O2S. The zero-order chi connectivity index (χ0) is 10.3. The van der Waals surface area contributed by atoms with Crippen LogP contribution in [-0.4, -0.2) is 13.1 Å². The van der Waals surface area contributed by atoms with E-state index >= 15 is 0 Å². The zero-order valence-electron chi connectivity index (χ0n) is 8.07. The highest BCUT2D eigenvalue weighted by molar-refractivity contribution is 7.80. The Bertz CT molecular complexity index is 271. The fraction of sp³-hybridized carbons (Fsp3) is 0.300. The molecule has 0 saturated heterocycles. The summed E-state index contributed by atoms with van der Waals surface area (Å²) in [5.41, 5.74) is 0.498. The van der Waals surface area contributed by atoms with Crippen molar-refractivity contribution in [2.24, 2.45) is 0 Å².